The smallest absolute Gasteiger partial charge is 0.239 e. The molecule has 4 heteroatoms. The predicted molar refractivity (Wildman–Crippen MR) is 154 cm³/mol. The van der Waals surface area contributed by atoms with Gasteiger partial charge in [-0.3, -0.25) is 9.59 Å². The number of hydrogen-bond donors (Lipinski definition) is 0. The van der Waals surface area contributed by atoms with E-state index < -0.39 is 5.41 Å². The highest BCUT2D eigenvalue weighted by molar-refractivity contribution is 6.06. The number of likely N-dealkylation sites (tertiary alicyclic amines) is 2. The van der Waals surface area contributed by atoms with Gasteiger partial charge in [-0.25, -0.2) is 0 Å². The second-order valence-corrected chi connectivity index (χ2v) is 10.7. The van der Waals surface area contributed by atoms with Crippen molar-refractivity contribution in [1.82, 2.24) is 9.80 Å². The monoisotopic (exact) mass is 514 g/mol. The fourth-order valence-electron chi connectivity index (χ4n) is 6.64. The van der Waals surface area contributed by atoms with Crippen LogP contribution < -0.4 is 0 Å². The number of carbonyl (C=O) groups excluding carboxylic acids is 2. The Balaban J connectivity index is 1.39. The Bertz CT molecular complexity index is 1220. The SMILES string of the molecule is O=C1N(C(c2ccccc2)c2ccccc2)CCCC12CCCN(C(c1ccccc1)c1ccccc1)C2=O. The molecule has 4 aromatic rings. The third kappa shape index (κ3) is 4.65. The van der Waals surface area contributed by atoms with Crippen molar-refractivity contribution >= 4 is 11.8 Å². The summed E-state index contributed by atoms with van der Waals surface area (Å²) in [5.74, 6) is -0.0536. The highest BCUT2D eigenvalue weighted by Crippen LogP contribution is 2.46. The van der Waals surface area contributed by atoms with Crippen molar-refractivity contribution in [3.8, 4) is 0 Å². The molecule has 2 fully saturated rings. The van der Waals surface area contributed by atoms with Crippen LogP contribution in [0, 0.1) is 5.41 Å². The minimum Gasteiger partial charge on any atom is -0.331 e. The summed E-state index contributed by atoms with van der Waals surface area (Å²) in [6.45, 7) is 1.28. The molecule has 1 spiro atoms. The first kappa shape index (κ1) is 25.1. The summed E-state index contributed by atoms with van der Waals surface area (Å²) in [6.07, 6.45) is 2.82. The zero-order chi connectivity index (χ0) is 26.7. The lowest BCUT2D eigenvalue weighted by Crippen LogP contribution is -2.60. The van der Waals surface area contributed by atoms with Gasteiger partial charge < -0.3 is 9.80 Å². The van der Waals surface area contributed by atoms with Crippen LogP contribution in [0.1, 0.15) is 60.0 Å². The number of amides is 2. The predicted octanol–water partition coefficient (Wildman–Crippen LogP) is 6.80. The number of rotatable bonds is 6. The topological polar surface area (TPSA) is 40.6 Å². The van der Waals surface area contributed by atoms with E-state index in [9.17, 15) is 9.59 Å². The van der Waals surface area contributed by atoms with Crippen molar-refractivity contribution < 1.29 is 9.59 Å². The van der Waals surface area contributed by atoms with Crippen LogP contribution in [0.5, 0.6) is 0 Å². The van der Waals surface area contributed by atoms with Crippen molar-refractivity contribution in [2.75, 3.05) is 13.1 Å². The maximum atomic E-state index is 14.6. The maximum absolute atomic E-state index is 14.6. The summed E-state index contributed by atoms with van der Waals surface area (Å²) in [6, 6.07) is 40.4. The van der Waals surface area contributed by atoms with E-state index in [1.165, 1.54) is 0 Å². The molecule has 196 valence electrons. The molecule has 39 heavy (non-hydrogen) atoms. The minimum absolute atomic E-state index is 0.0268. The van der Waals surface area contributed by atoms with Crippen molar-refractivity contribution in [1.29, 1.82) is 0 Å². The van der Waals surface area contributed by atoms with Gasteiger partial charge in [-0.2, -0.15) is 0 Å². The van der Waals surface area contributed by atoms with E-state index in [0.717, 1.165) is 35.1 Å². The van der Waals surface area contributed by atoms with Gasteiger partial charge in [0, 0.05) is 13.1 Å². The lowest BCUT2D eigenvalue weighted by Gasteiger charge is -2.49. The van der Waals surface area contributed by atoms with Gasteiger partial charge in [-0.1, -0.05) is 121 Å². The number of nitrogens with zero attached hydrogens (tertiary/aromatic N) is 2. The first-order valence-corrected chi connectivity index (χ1v) is 14.0. The minimum atomic E-state index is -1.03. The van der Waals surface area contributed by atoms with Crippen LogP contribution in [0.3, 0.4) is 0 Å². The van der Waals surface area contributed by atoms with Gasteiger partial charge in [0.2, 0.25) is 11.8 Å². The van der Waals surface area contributed by atoms with Gasteiger partial charge in [0.25, 0.3) is 0 Å². The fourth-order valence-corrected chi connectivity index (χ4v) is 6.64. The summed E-state index contributed by atoms with van der Waals surface area (Å²) >= 11 is 0. The van der Waals surface area contributed by atoms with Crippen molar-refractivity contribution in [3.05, 3.63) is 144 Å². The first-order valence-electron chi connectivity index (χ1n) is 14.0. The number of hydrogen-bond acceptors (Lipinski definition) is 2. The third-order valence-electron chi connectivity index (χ3n) is 8.43. The molecule has 2 aliphatic rings. The van der Waals surface area contributed by atoms with E-state index in [0.29, 0.717) is 25.9 Å². The molecule has 0 unspecified atom stereocenters. The van der Waals surface area contributed by atoms with Gasteiger partial charge in [-0.05, 0) is 47.9 Å². The lowest BCUT2D eigenvalue weighted by atomic mass is 9.70. The summed E-state index contributed by atoms with van der Waals surface area (Å²) in [7, 11) is 0. The Labute approximate surface area is 230 Å². The number of piperidine rings is 2. The Morgan fingerprint density at radius 2 is 0.744 bits per heavy atom. The molecule has 0 aromatic heterocycles. The van der Waals surface area contributed by atoms with Crippen LogP contribution in [0.15, 0.2) is 121 Å². The van der Waals surface area contributed by atoms with Crippen LogP contribution in [0.25, 0.3) is 0 Å². The molecule has 0 radical (unpaired) electrons. The van der Waals surface area contributed by atoms with Crippen LogP contribution in [-0.4, -0.2) is 34.7 Å². The van der Waals surface area contributed by atoms with Crippen LogP contribution in [0.4, 0.5) is 0 Å². The van der Waals surface area contributed by atoms with E-state index in [-0.39, 0.29) is 23.9 Å². The number of benzene rings is 4. The standard InChI is InChI=1S/C35H34N2O2/c38-33-35(23-13-25-36(33)31(27-15-5-1-6-16-27)28-17-7-2-8-18-28)24-14-26-37(34(35)39)32(29-19-9-3-10-20-29)30-21-11-4-12-22-30/h1-12,15-22,31-32H,13-14,23-26H2. The fraction of sp³-hybridized carbons (Fsp3) is 0.257. The summed E-state index contributed by atoms with van der Waals surface area (Å²) in [4.78, 5) is 33.2. The normalized spacial score (nSPS) is 17.3. The molecule has 0 atom stereocenters. The Hall–Kier alpha value is -4.18. The van der Waals surface area contributed by atoms with Gasteiger partial charge >= 0.3 is 0 Å². The van der Waals surface area contributed by atoms with E-state index in [2.05, 4.69) is 48.5 Å². The molecule has 2 aliphatic heterocycles. The van der Waals surface area contributed by atoms with Gasteiger partial charge in [-0.15, -0.1) is 0 Å². The molecule has 0 aliphatic carbocycles. The zero-order valence-corrected chi connectivity index (χ0v) is 22.2. The molecule has 0 bridgehead atoms. The van der Waals surface area contributed by atoms with Gasteiger partial charge in [0.1, 0.15) is 5.41 Å². The van der Waals surface area contributed by atoms with Crippen LogP contribution >= 0.6 is 0 Å². The molecule has 4 nitrogen and oxygen atoms in total. The summed E-state index contributed by atoms with van der Waals surface area (Å²) < 4.78 is 0. The molecule has 0 saturated carbocycles. The highest BCUT2D eigenvalue weighted by atomic mass is 16.2. The van der Waals surface area contributed by atoms with Crippen LogP contribution in [0.2, 0.25) is 0 Å². The Morgan fingerprint density at radius 1 is 0.462 bits per heavy atom. The van der Waals surface area contributed by atoms with E-state index >= 15 is 0 Å². The number of carbonyl (C=O) groups is 2. The van der Waals surface area contributed by atoms with E-state index in [1.807, 2.05) is 82.6 Å². The summed E-state index contributed by atoms with van der Waals surface area (Å²) in [5.41, 5.74) is 3.25. The average molecular weight is 515 g/mol. The molecule has 4 aromatic carbocycles. The Morgan fingerprint density at radius 3 is 1.03 bits per heavy atom. The average Bonchev–Trinajstić information content (AvgIpc) is 3.00. The molecule has 2 saturated heterocycles. The van der Waals surface area contributed by atoms with Crippen LogP contribution in [-0.2, 0) is 9.59 Å². The van der Waals surface area contributed by atoms with Crippen molar-refractivity contribution in [2.24, 2.45) is 5.41 Å². The van der Waals surface area contributed by atoms with Crippen molar-refractivity contribution in [3.63, 3.8) is 0 Å². The van der Waals surface area contributed by atoms with E-state index in [1.54, 1.807) is 0 Å². The second kappa shape index (κ2) is 10.9. The van der Waals surface area contributed by atoms with E-state index in [4.69, 9.17) is 0 Å². The largest absolute Gasteiger partial charge is 0.331 e. The second-order valence-electron chi connectivity index (χ2n) is 10.7. The molecule has 6 rings (SSSR count). The Kier molecular flexibility index (Phi) is 7.02. The molecule has 2 heterocycles. The van der Waals surface area contributed by atoms with Gasteiger partial charge in [0.15, 0.2) is 0 Å². The maximum Gasteiger partial charge on any atom is 0.239 e. The van der Waals surface area contributed by atoms with Gasteiger partial charge in [0.05, 0.1) is 12.1 Å². The zero-order valence-electron chi connectivity index (χ0n) is 22.2. The summed E-state index contributed by atoms with van der Waals surface area (Å²) in [5, 5.41) is 0. The molecular formula is C35H34N2O2. The first-order chi connectivity index (χ1) is 19.2. The third-order valence-corrected chi connectivity index (χ3v) is 8.43. The molecule has 2 amide bonds. The highest BCUT2D eigenvalue weighted by Gasteiger charge is 2.55. The molecule has 0 N–H and O–H groups in total. The quantitative estimate of drug-likeness (QED) is 0.266. The van der Waals surface area contributed by atoms with Crippen molar-refractivity contribution in [2.45, 2.75) is 37.8 Å². The lowest BCUT2D eigenvalue weighted by molar-refractivity contribution is -0.167. The molecular weight excluding hydrogens is 480 g/mol.